The Bertz CT molecular complexity index is 429. The third-order valence-electron chi connectivity index (χ3n) is 3.03. The summed E-state index contributed by atoms with van der Waals surface area (Å²) in [6.07, 6.45) is 1.12. The van der Waals surface area contributed by atoms with Crippen LogP contribution in [0.4, 0.5) is 0 Å². The summed E-state index contributed by atoms with van der Waals surface area (Å²) in [4.78, 5) is 13.5. The van der Waals surface area contributed by atoms with E-state index in [1.807, 2.05) is 0 Å². The maximum absolute atomic E-state index is 11.8. The Labute approximate surface area is 125 Å². The van der Waals surface area contributed by atoms with E-state index < -0.39 is 0 Å². The van der Waals surface area contributed by atoms with E-state index in [1.165, 1.54) is 0 Å². The van der Waals surface area contributed by atoms with Gasteiger partial charge in [-0.2, -0.15) is 0 Å². The Balaban J connectivity index is 2.46. The molecule has 0 aliphatic heterocycles. The zero-order chi connectivity index (χ0) is 15.7. The van der Waals surface area contributed by atoms with E-state index in [9.17, 15) is 4.79 Å². The van der Waals surface area contributed by atoms with Gasteiger partial charge in [-0.3, -0.25) is 4.79 Å². The van der Waals surface area contributed by atoms with Crippen molar-refractivity contribution in [2.75, 3.05) is 41.0 Å². The first-order valence-electron chi connectivity index (χ1n) is 6.90. The summed E-state index contributed by atoms with van der Waals surface area (Å²) in [6, 6.07) is 5.27. The number of amides is 1. The Hall–Kier alpha value is -1.95. The molecule has 6 heteroatoms. The van der Waals surface area contributed by atoms with Crippen molar-refractivity contribution >= 4 is 5.91 Å². The average molecular weight is 296 g/mol. The van der Waals surface area contributed by atoms with Crippen molar-refractivity contribution in [1.29, 1.82) is 0 Å². The van der Waals surface area contributed by atoms with E-state index in [-0.39, 0.29) is 5.91 Å². The molecule has 0 aliphatic rings. The van der Waals surface area contributed by atoms with E-state index in [0.717, 1.165) is 6.42 Å². The minimum Gasteiger partial charge on any atom is -0.496 e. The Morgan fingerprint density at radius 1 is 1.14 bits per heavy atom. The standard InChI is InChI=1S/C15H24N2O4/c1-17(7-4-6-16)15(18)5-8-21-14-10-12(19-2)9-13(11-14)20-3/h9-11H,4-8,16H2,1-3H3. The monoisotopic (exact) mass is 296 g/mol. The second kappa shape index (κ2) is 9.07. The minimum atomic E-state index is 0.0401. The third-order valence-corrected chi connectivity index (χ3v) is 3.03. The summed E-state index contributed by atoms with van der Waals surface area (Å²) < 4.78 is 15.9. The molecule has 118 valence electrons. The molecule has 1 rings (SSSR count). The minimum absolute atomic E-state index is 0.0401. The molecule has 0 bridgehead atoms. The first-order chi connectivity index (χ1) is 10.1. The molecular formula is C15H24N2O4. The Morgan fingerprint density at radius 3 is 2.24 bits per heavy atom. The summed E-state index contributed by atoms with van der Waals surface area (Å²) in [5, 5.41) is 0. The van der Waals surface area contributed by atoms with Crippen LogP contribution >= 0.6 is 0 Å². The van der Waals surface area contributed by atoms with Crippen molar-refractivity contribution in [1.82, 2.24) is 4.90 Å². The predicted molar refractivity (Wildman–Crippen MR) is 81.0 cm³/mol. The van der Waals surface area contributed by atoms with Gasteiger partial charge in [0.05, 0.1) is 27.2 Å². The second-order valence-electron chi connectivity index (χ2n) is 4.60. The van der Waals surface area contributed by atoms with E-state index >= 15 is 0 Å². The van der Waals surface area contributed by atoms with E-state index in [2.05, 4.69) is 0 Å². The van der Waals surface area contributed by atoms with Crippen LogP contribution in [0, 0.1) is 0 Å². The number of rotatable bonds is 9. The van der Waals surface area contributed by atoms with Crippen LogP contribution < -0.4 is 19.9 Å². The van der Waals surface area contributed by atoms with E-state index in [1.54, 1.807) is 44.4 Å². The predicted octanol–water partition coefficient (Wildman–Crippen LogP) is 1.28. The van der Waals surface area contributed by atoms with Crippen molar-refractivity contribution in [2.24, 2.45) is 5.73 Å². The lowest BCUT2D eigenvalue weighted by Gasteiger charge is -2.17. The van der Waals surface area contributed by atoms with Crippen molar-refractivity contribution in [2.45, 2.75) is 12.8 Å². The molecule has 0 saturated heterocycles. The number of methoxy groups -OCH3 is 2. The lowest BCUT2D eigenvalue weighted by molar-refractivity contribution is -0.130. The van der Waals surface area contributed by atoms with Gasteiger partial charge in [0.25, 0.3) is 0 Å². The highest BCUT2D eigenvalue weighted by molar-refractivity contribution is 5.75. The highest BCUT2D eigenvalue weighted by atomic mass is 16.5. The van der Waals surface area contributed by atoms with Gasteiger partial charge < -0.3 is 24.8 Å². The number of benzene rings is 1. The van der Waals surface area contributed by atoms with Crippen LogP contribution in [-0.4, -0.2) is 51.8 Å². The van der Waals surface area contributed by atoms with Gasteiger partial charge in [-0.1, -0.05) is 0 Å². The number of carbonyl (C=O) groups excluding carboxylic acids is 1. The van der Waals surface area contributed by atoms with Crippen LogP contribution in [0.1, 0.15) is 12.8 Å². The molecule has 1 aromatic carbocycles. The molecule has 0 heterocycles. The second-order valence-corrected chi connectivity index (χ2v) is 4.60. The molecule has 0 aliphatic carbocycles. The normalized spacial score (nSPS) is 10.1. The van der Waals surface area contributed by atoms with Gasteiger partial charge in [0, 0.05) is 31.8 Å². The number of ether oxygens (including phenoxy) is 3. The molecule has 21 heavy (non-hydrogen) atoms. The lowest BCUT2D eigenvalue weighted by Crippen LogP contribution is -2.30. The highest BCUT2D eigenvalue weighted by Gasteiger charge is 2.09. The zero-order valence-corrected chi connectivity index (χ0v) is 12.9. The zero-order valence-electron chi connectivity index (χ0n) is 12.9. The number of hydrogen-bond donors (Lipinski definition) is 1. The summed E-state index contributed by atoms with van der Waals surface area (Å²) in [5.41, 5.74) is 5.42. The first kappa shape index (κ1) is 17.1. The molecular weight excluding hydrogens is 272 g/mol. The largest absolute Gasteiger partial charge is 0.496 e. The molecule has 0 saturated carbocycles. The van der Waals surface area contributed by atoms with Gasteiger partial charge in [-0.05, 0) is 13.0 Å². The van der Waals surface area contributed by atoms with Crippen molar-refractivity contribution < 1.29 is 19.0 Å². The van der Waals surface area contributed by atoms with Crippen LogP contribution in [0.15, 0.2) is 18.2 Å². The molecule has 0 aromatic heterocycles. The van der Waals surface area contributed by atoms with Crippen molar-refractivity contribution in [3.05, 3.63) is 18.2 Å². The summed E-state index contributed by atoms with van der Waals surface area (Å²) in [6.45, 7) is 1.56. The molecule has 0 radical (unpaired) electrons. The maximum atomic E-state index is 11.8. The molecule has 0 spiro atoms. The van der Waals surface area contributed by atoms with Crippen LogP contribution in [0.25, 0.3) is 0 Å². The quantitative estimate of drug-likeness (QED) is 0.743. The van der Waals surface area contributed by atoms with Crippen molar-refractivity contribution in [3.63, 3.8) is 0 Å². The smallest absolute Gasteiger partial charge is 0.225 e. The van der Waals surface area contributed by atoms with E-state index in [4.69, 9.17) is 19.9 Å². The number of hydrogen-bond acceptors (Lipinski definition) is 5. The van der Waals surface area contributed by atoms with Crippen LogP contribution in [0.5, 0.6) is 17.2 Å². The fourth-order valence-electron chi connectivity index (χ4n) is 1.76. The molecule has 0 unspecified atom stereocenters. The molecule has 6 nitrogen and oxygen atoms in total. The Morgan fingerprint density at radius 2 is 1.71 bits per heavy atom. The fraction of sp³-hybridized carbons (Fsp3) is 0.533. The summed E-state index contributed by atoms with van der Waals surface area (Å²) in [7, 11) is 4.93. The molecule has 2 N–H and O–H groups in total. The average Bonchev–Trinajstić information content (AvgIpc) is 2.51. The first-order valence-corrected chi connectivity index (χ1v) is 6.90. The third kappa shape index (κ3) is 5.91. The SMILES string of the molecule is COc1cc(OC)cc(OCCC(=O)N(C)CCCN)c1. The number of carbonyl (C=O) groups is 1. The van der Waals surface area contributed by atoms with Crippen molar-refractivity contribution in [3.8, 4) is 17.2 Å². The van der Waals surface area contributed by atoms with Gasteiger partial charge in [-0.15, -0.1) is 0 Å². The lowest BCUT2D eigenvalue weighted by atomic mass is 10.3. The van der Waals surface area contributed by atoms with Crippen LogP contribution in [0.3, 0.4) is 0 Å². The van der Waals surface area contributed by atoms with Gasteiger partial charge in [0.1, 0.15) is 17.2 Å². The van der Waals surface area contributed by atoms with Crippen LogP contribution in [-0.2, 0) is 4.79 Å². The van der Waals surface area contributed by atoms with Gasteiger partial charge in [-0.25, -0.2) is 0 Å². The van der Waals surface area contributed by atoms with Gasteiger partial charge >= 0.3 is 0 Å². The summed E-state index contributed by atoms with van der Waals surface area (Å²) in [5.74, 6) is 1.95. The number of nitrogens with two attached hydrogens (primary N) is 1. The summed E-state index contributed by atoms with van der Waals surface area (Å²) >= 11 is 0. The molecule has 0 atom stereocenters. The van der Waals surface area contributed by atoms with E-state index in [0.29, 0.717) is 43.4 Å². The van der Waals surface area contributed by atoms with Crippen LogP contribution in [0.2, 0.25) is 0 Å². The molecule has 1 amide bonds. The molecule has 0 fully saturated rings. The fourth-order valence-corrected chi connectivity index (χ4v) is 1.76. The maximum Gasteiger partial charge on any atom is 0.225 e. The number of nitrogens with zero attached hydrogens (tertiary/aromatic N) is 1. The Kier molecular flexibility index (Phi) is 7.39. The van der Waals surface area contributed by atoms with Gasteiger partial charge in [0.2, 0.25) is 5.91 Å². The topological polar surface area (TPSA) is 74.0 Å². The molecule has 1 aromatic rings. The van der Waals surface area contributed by atoms with Gasteiger partial charge in [0.15, 0.2) is 0 Å². The highest BCUT2D eigenvalue weighted by Crippen LogP contribution is 2.27.